The Morgan fingerprint density at radius 2 is 2.21 bits per heavy atom. The van der Waals surface area contributed by atoms with Crippen molar-refractivity contribution in [3.8, 4) is 11.6 Å². The van der Waals surface area contributed by atoms with Gasteiger partial charge in [0.15, 0.2) is 5.78 Å². The van der Waals surface area contributed by atoms with Crippen LogP contribution in [0.25, 0.3) is 0 Å². The molecule has 0 radical (unpaired) electrons. The van der Waals surface area contributed by atoms with E-state index >= 15 is 0 Å². The monoisotopic (exact) mass is 193 g/mol. The van der Waals surface area contributed by atoms with Gasteiger partial charge in [0, 0.05) is 6.07 Å². The summed E-state index contributed by atoms with van der Waals surface area (Å²) in [5, 5.41) is 0. The van der Waals surface area contributed by atoms with E-state index in [2.05, 4.69) is 11.6 Å². The van der Waals surface area contributed by atoms with E-state index in [0.29, 0.717) is 17.2 Å². The van der Waals surface area contributed by atoms with Crippen LogP contribution in [0, 0.1) is 0 Å². The highest BCUT2D eigenvalue weighted by atomic mass is 16.5. The number of rotatable bonds is 4. The maximum absolute atomic E-state index is 11.4. The Morgan fingerprint density at radius 1 is 1.50 bits per heavy atom. The van der Waals surface area contributed by atoms with Crippen LogP contribution in [0.15, 0.2) is 24.9 Å². The molecule has 0 N–H and O–H groups in total. The number of ketones is 1. The Balaban J connectivity index is 3.21. The van der Waals surface area contributed by atoms with Crippen LogP contribution in [0.2, 0.25) is 0 Å². The second-order valence-electron chi connectivity index (χ2n) is 2.50. The lowest BCUT2D eigenvalue weighted by Gasteiger charge is -2.06. The average molecular weight is 193 g/mol. The van der Waals surface area contributed by atoms with Crippen LogP contribution in [-0.4, -0.2) is 25.0 Å². The Kier molecular flexibility index (Phi) is 3.23. The first-order valence-electron chi connectivity index (χ1n) is 3.97. The van der Waals surface area contributed by atoms with Gasteiger partial charge in [0.2, 0.25) is 5.88 Å². The molecule has 0 aromatic carbocycles. The minimum absolute atomic E-state index is 0.220. The van der Waals surface area contributed by atoms with Gasteiger partial charge in [0.05, 0.1) is 26.0 Å². The Hall–Kier alpha value is -1.84. The predicted molar refractivity (Wildman–Crippen MR) is 51.9 cm³/mol. The van der Waals surface area contributed by atoms with E-state index < -0.39 is 0 Å². The highest BCUT2D eigenvalue weighted by Gasteiger charge is 2.11. The van der Waals surface area contributed by atoms with Crippen molar-refractivity contribution in [3.63, 3.8) is 0 Å². The van der Waals surface area contributed by atoms with Gasteiger partial charge in [0.1, 0.15) is 5.75 Å². The van der Waals surface area contributed by atoms with Crippen molar-refractivity contribution in [1.29, 1.82) is 0 Å². The largest absolute Gasteiger partial charge is 0.494 e. The van der Waals surface area contributed by atoms with Crippen LogP contribution in [0.1, 0.15) is 10.4 Å². The van der Waals surface area contributed by atoms with Crippen molar-refractivity contribution in [2.75, 3.05) is 14.2 Å². The summed E-state index contributed by atoms with van der Waals surface area (Å²) in [5.41, 5.74) is 0.398. The molecule has 0 atom stereocenters. The smallest absolute Gasteiger partial charge is 0.213 e. The molecule has 4 heteroatoms. The summed E-state index contributed by atoms with van der Waals surface area (Å²) >= 11 is 0. The summed E-state index contributed by atoms with van der Waals surface area (Å²) in [6.45, 7) is 3.40. The zero-order chi connectivity index (χ0) is 10.6. The van der Waals surface area contributed by atoms with E-state index in [1.54, 1.807) is 0 Å². The van der Waals surface area contributed by atoms with Gasteiger partial charge in [0.25, 0.3) is 0 Å². The molecule has 0 fully saturated rings. The van der Waals surface area contributed by atoms with Crippen molar-refractivity contribution >= 4 is 5.78 Å². The van der Waals surface area contributed by atoms with Crippen molar-refractivity contribution in [1.82, 2.24) is 4.98 Å². The van der Waals surface area contributed by atoms with E-state index in [9.17, 15) is 4.79 Å². The summed E-state index contributed by atoms with van der Waals surface area (Å²) in [4.78, 5) is 15.3. The van der Waals surface area contributed by atoms with Gasteiger partial charge in [-0.2, -0.15) is 0 Å². The van der Waals surface area contributed by atoms with Crippen LogP contribution in [-0.2, 0) is 0 Å². The number of pyridine rings is 1. The van der Waals surface area contributed by atoms with E-state index in [1.165, 1.54) is 32.6 Å². The van der Waals surface area contributed by atoms with Crippen LogP contribution < -0.4 is 9.47 Å². The van der Waals surface area contributed by atoms with Crippen LogP contribution in [0.3, 0.4) is 0 Å². The van der Waals surface area contributed by atoms with Crippen LogP contribution >= 0.6 is 0 Å². The number of nitrogens with zero attached hydrogens (tertiary/aromatic N) is 1. The SMILES string of the molecule is C=CC(=O)c1cc(OC)ncc1OC. The van der Waals surface area contributed by atoms with Crippen molar-refractivity contribution in [2.45, 2.75) is 0 Å². The summed E-state index contributed by atoms with van der Waals surface area (Å²) in [5.74, 6) is 0.564. The minimum atomic E-state index is -0.220. The highest BCUT2D eigenvalue weighted by molar-refractivity contribution is 6.06. The topological polar surface area (TPSA) is 48.4 Å². The number of hydrogen-bond donors (Lipinski definition) is 0. The number of carbonyl (C=O) groups is 1. The third-order valence-corrected chi connectivity index (χ3v) is 1.72. The molecule has 0 aliphatic heterocycles. The standard InChI is InChI=1S/C10H11NO3/c1-4-8(12)7-5-10(14-3)11-6-9(7)13-2/h4-6H,1H2,2-3H3. The van der Waals surface area contributed by atoms with E-state index in [1.807, 2.05) is 0 Å². The van der Waals surface area contributed by atoms with Gasteiger partial charge in [-0.05, 0) is 6.08 Å². The Labute approximate surface area is 82.2 Å². The second kappa shape index (κ2) is 4.41. The molecule has 0 spiro atoms. The molecule has 14 heavy (non-hydrogen) atoms. The normalized spacial score (nSPS) is 9.29. The quantitative estimate of drug-likeness (QED) is 0.536. The third kappa shape index (κ3) is 1.90. The molecule has 1 rings (SSSR count). The van der Waals surface area contributed by atoms with Gasteiger partial charge < -0.3 is 9.47 Å². The molecule has 0 aliphatic carbocycles. The lowest BCUT2D eigenvalue weighted by Crippen LogP contribution is -2.00. The number of ether oxygens (including phenoxy) is 2. The van der Waals surface area contributed by atoms with Crippen molar-refractivity contribution in [3.05, 3.63) is 30.5 Å². The zero-order valence-corrected chi connectivity index (χ0v) is 8.11. The zero-order valence-electron chi connectivity index (χ0n) is 8.11. The molecule has 1 heterocycles. The second-order valence-corrected chi connectivity index (χ2v) is 2.50. The molecule has 0 amide bonds. The highest BCUT2D eigenvalue weighted by Crippen LogP contribution is 2.21. The van der Waals surface area contributed by atoms with Gasteiger partial charge in [-0.15, -0.1) is 0 Å². The molecule has 0 bridgehead atoms. The van der Waals surface area contributed by atoms with Gasteiger partial charge >= 0.3 is 0 Å². The first-order chi connectivity index (χ1) is 6.72. The molecule has 4 nitrogen and oxygen atoms in total. The maximum atomic E-state index is 11.4. The fourth-order valence-corrected chi connectivity index (χ4v) is 1.00. The number of hydrogen-bond acceptors (Lipinski definition) is 4. The van der Waals surface area contributed by atoms with Crippen molar-refractivity contribution < 1.29 is 14.3 Å². The minimum Gasteiger partial charge on any atom is -0.494 e. The molecule has 0 saturated carbocycles. The molecule has 0 saturated heterocycles. The summed E-state index contributed by atoms with van der Waals surface area (Å²) in [6.07, 6.45) is 2.66. The molecule has 0 aliphatic rings. The predicted octanol–water partition coefficient (Wildman–Crippen LogP) is 1.47. The molecule has 1 aromatic heterocycles. The maximum Gasteiger partial charge on any atom is 0.213 e. The molecular formula is C10H11NO3. The Morgan fingerprint density at radius 3 is 2.71 bits per heavy atom. The van der Waals surface area contributed by atoms with E-state index in [4.69, 9.17) is 9.47 Å². The Bertz CT molecular complexity index is 360. The third-order valence-electron chi connectivity index (χ3n) is 1.72. The van der Waals surface area contributed by atoms with Gasteiger partial charge in [-0.25, -0.2) is 4.98 Å². The first-order valence-corrected chi connectivity index (χ1v) is 3.97. The number of allylic oxidation sites excluding steroid dienone is 1. The fraction of sp³-hybridized carbons (Fsp3) is 0.200. The van der Waals surface area contributed by atoms with Gasteiger partial charge in [-0.1, -0.05) is 6.58 Å². The summed E-state index contributed by atoms with van der Waals surface area (Å²) in [6, 6.07) is 1.52. The number of aromatic nitrogens is 1. The number of methoxy groups -OCH3 is 2. The van der Waals surface area contributed by atoms with Crippen LogP contribution in [0.4, 0.5) is 0 Å². The average Bonchev–Trinajstić information content (AvgIpc) is 2.27. The van der Waals surface area contributed by atoms with Crippen LogP contribution in [0.5, 0.6) is 11.6 Å². The molecule has 74 valence electrons. The van der Waals surface area contributed by atoms with Gasteiger partial charge in [-0.3, -0.25) is 4.79 Å². The van der Waals surface area contributed by atoms with E-state index in [0.717, 1.165) is 0 Å². The fourth-order valence-electron chi connectivity index (χ4n) is 1.00. The molecular weight excluding hydrogens is 182 g/mol. The summed E-state index contributed by atoms with van der Waals surface area (Å²) in [7, 11) is 2.96. The lowest BCUT2D eigenvalue weighted by molar-refractivity contribution is 0.104. The summed E-state index contributed by atoms with van der Waals surface area (Å²) < 4.78 is 9.88. The molecule has 1 aromatic rings. The van der Waals surface area contributed by atoms with E-state index in [-0.39, 0.29) is 5.78 Å². The number of carbonyl (C=O) groups excluding carboxylic acids is 1. The van der Waals surface area contributed by atoms with Crippen molar-refractivity contribution in [2.24, 2.45) is 0 Å². The first kappa shape index (κ1) is 10.2. The lowest BCUT2D eigenvalue weighted by atomic mass is 10.1. The molecule has 0 unspecified atom stereocenters.